The van der Waals surface area contributed by atoms with Crippen LogP contribution in [-0.2, 0) is 27.3 Å². The third-order valence-electron chi connectivity index (χ3n) is 11.9. The number of aryl methyl sites for hydroxylation is 1. The zero-order valence-corrected chi connectivity index (χ0v) is 34.0. The van der Waals surface area contributed by atoms with Crippen molar-refractivity contribution in [1.29, 1.82) is 0 Å². The maximum absolute atomic E-state index is 13.1. The lowest BCUT2D eigenvalue weighted by atomic mass is 10.0. The fourth-order valence-electron chi connectivity index (χ4n) is 8.78. The van der Waals surface area contributed by atoms with E-state index in [1.807, 2.05) is 39.7 Å². The number of aromatic nitrogens is 6. The Morgan fingerprint density at radius 1 is 0.883 bits per heavy atom. The molecule has 18 heteroatoms. The number of nitrogens with zero attached hydrogens (tertiary/aromatic N) is 9. The van der Waals surface area contributed by atoms with Gasteiger partial charge in [0.25, 0.3) is 5.91 Å². The number of amides is 6. The summed E-state index contributed by atoms with van der Waals surface area (Å²) in [6.07, 6.45) is 13.9. The smallest absolute Gasteiger partial charge is 0.323 e. The summed E-state index contributed by atoms with van der Waals surface area (Å²) in [6.45, 7) is 2.99. The molecule has 3 aliphatic heterocycles. The lowest BCUT2D eigenvalue weighted by Crippen LogP contribution is -2.52. The molecule has 1 aliphatic carbocycles. The Balaban J connectivity index is 0.689. The summed E-state index contributed by atoms with van der Waals surface area (Å²) in [7, 11) is 0. The molecule has 2 saturated heterocycles. The summed E-state index contributed by atoms with van der Waals surface area (Å²) in [6, 6.07) is 10.2. The molecule has 0 spiro atoms. The van der Waals surface area contributed by atoms with E-state index in [1.165, 1.54) is 11.3 Å². The van der Waals surface area contributed by atoms with Gasteiger partial charge in [0.15, 0.2) is 10.7 Å². The average molecular weight is 831 g/mol. The van der Waals surface area contributed by atoms with Crippen LogP contribution in [0.1, 0.15) is 96.7 Å². The number of benzene rings is 1. The number of piperidine rings is 1. The number of fused-ring (bicyclic) bond motifs is 2. The van der Waals surface area contributed by atoms with Crippen LogP contribution in [-0.4, -0.2) is 101 Å². The minimum atomic E-state index is -0.637. The van der Waals surface area contributed by atoms with Crippen molar-refractivity contribution in [2.75, 3.05) is 41.7 Å². The second kappa shape index (κ2) is 17.1. The summed E-state index contributed by atoms with van der Waals surface area (Å²) in [4.78, 5) is 77.9. The highest BCUT2D eigenvalue weighted by Crippen LogP contribution is 2.38. The molecule has 4 aromatic heterocycles. The first-order valence-electron chi connectivity index (χ1n) is 20.8. The summed E-state index contributed by atoms with van der Waals surface area (Å²) in [5.41, 5.74) is 6.08. The minimum Gasteiger partial charge on any atom is -0.368 e. The van der Waals surface area contributed by atoms with Gasteiger partial charge >= 0.3 is 6.03 Å². The van der Waals surface area contributed by atoms with Gasteiger partial charge in [0.1, 0.15) is 16.7 Å². The third kappa shape index (κ3) is 8.28. The quantitative estimate of drug-likeness (QED) is 0.111. The van der Waals surface area contributed by atoms with E-state index in [2.05, 4.69) is 46.1 Å². The lowest BCUT2D eigenvalue weighted by molar-refractivity contribution is -0.137. The highest BCUT2D eigenvalue weighted by Gasteiger charge is 2.39. The van der Waals surface area contributed by atoms with Crippen LogP contribution in [0.25, 0.3) is 16.3 Å². The predicted molar refractivity (Wildman–Crippen MR) is 223 cm³/mol. The van der Waals surface area contributed by atoms with E-state index in [0.29, 0.717) is 79.1 Å². The number of anilines is 3. The second-order valence-electron chi connectivity index (χ2n) is 15.8. The van der Waals surface area contributed by atoms with Crippen molar-refractivity contribution in [2.45, 2.75) is 89.1 Å². The third-order valence-corrected chi connectivity index (χ3v) is 12.9. The summed E-state index contributed by atoms with van der Waals surface area (Å²) >= 11 is 1.50. The van der Waals surface area contributed by atoms with E-state index in [0.717, 1.165) is 79.0 Å². The normalized spacial score (nSPS) is 18.3. The number of piperazine rings is 1. The zero-order valence-electron chi connectivity index (χ0n) is 33.1. The van der Waals surface area contributed by atoms with Gasteiger partial charge in [0, 0.05) is 75.2 Å². The van der Waals surface area contributed by atoms with E-state index >= 15 is 0 Å². The Bertz CT molecular complexity index is 2440. The first-order valence-corrected chi connectivity index (χ1v) is 21.6. The van der Waals surface area contributed by atoms with Crippen molar-refractivity contribution < 1.29 is 24.0 Å². The number of pyridine rings is 1. The van der Waals surface area contributed by atoms with Crippen LogP contribution >= 0.6 is 11.3 Å². The predicted octanol–water partition coefficient (Wildman–Crippen LogP) is 5.16. The van der Waals surface area contributed by atoms with E-state index in [1.54, 1.807) is 29.6 Å². The molecule has 0 radical (unpaired) electrons. The Labute approximate surface area is 350 Å². The van der Waals surface area contributed by atoms with Crippen molar-refractivity contribution in [3.63, 3.8) is 0 Å². The molecule has 4 aliphatic rings. The standard InChI is InChI=1S/C42H46N12O5S/c55-35-15-14-33(39(57)48-35)53-25-27-22-29(11-12-30(27)41(53)58)51-18-20-52(21-19-51)37(56)9-3-1-2-8-36-49-50-40(60-36)31-13-10-28(23-43-31)46-42(59)47-32-24-44-34-16-17-45-54(34)38(32)26-6-4-5-7-26/h10-13,16-17,22-24,26,33H,1-9,14-15,18-21,25H2,(H2,46,47,59)(H,48,55,57). The Morgan fingerprint density at radius 2 is 1.73 bits per heavy atom. The molecule has 17 nitrogen and oxygen atoms in total. The van der Waals surface area contributed by atoms with Crippen molar-refractivity contribution in [3.05, 3.63) is 76.8 Å². The number of unbranched alkanes of at least 4 members (excludes halogenated alkanes) is 2. The molecule has 1 saturated carbocycles. The number of nitrogens with one attached hydrogen (secondary N) is 3. The highest BCUT2D eigenvalue weighted by atomic mass is 32.1. The number of imide groups is 1. The summed E-state index contributed by atoms with van der Waals surface area (Å²) in [5.74, 6) is -0.419. The molecule has 0 bridgehead atoms. The first kappa shape index (κ1) is 39.2. The molecule has 6 amide bonds. The molecule has 310 valence electrons. The molecule has 3 fully saturated rings. The van der Waals surface area contributed by atoms with Crippen molar-refractivity contribution in [3.8, 4) is 10.7 Å². The number of carbonyl (C=O) groups is 5. The first-order chi connectivity index (χ1) is 29.3. The number of hydrogen-bond donors (Lipinski definition) is 3. The monoisotopic (exact) mass is 830 g/mol. The van der Waals surface area contributed by atoms with E-state index in [4.69, 9.17) is 0 Å². The molecule has 1 aromatic carbocycles. The Morgan fingerprint density at radius 3 is 2.53 bits per heavy atom. The summed E-state index contributed by atoms with van der Waals surface area (Å²) in [5, 5.41) is 23.0. The minimum absolute atomic E-state index is 0.162. The van der Waals surface area contributed by atoms with Crippen molar-refractivity contribution in [2.24, 2.45) is 0 Å². The van der Waals surface area contributed by atoms with E-state index in [9.17, 15) is 24.0 Å². The number of urea groups is 1. The number of carbonyl (C=O) groups excluding carboxylic acids is 5. The van der Waals surface area contributed by atoms with Crippen LogP contribution in [0.4, 0.5) is 21.9 Å². The van der Waals surface area contributed by atoms with Crippen LogP contribution in [0, 0.1) is 0 Å². The molecule has 1 atom stereocenters. The van der Waals surface area contributed by atoms with Crippen LogP contribution < -0.4 is 20.9 Å². The van der Waals surface area contributed by atoms with Crippen LogP contribution in [0.5, 0.6) is 0 Å². The SMILES string of the molecule is O=C1CCC(N2Cc3cc(N4CCN(C(=O)CCCCCc5nnc(-c6ccc(NC(=O)Nc7cnc8ccnn8c7C7CCCC7)cn6)s5)CC4)ccc3C2=O)C(=O)N1. The van der Waals surface area contributed by atoms with Crippen LogP contribution in [0.3, 0.4) is 0 Å². The van der Waals surface area contributed by atoms with Crippen molar-refractivity contribution >= 4 is 63.7 Å². The lowest BCUT2D eigenvalue weighted by Gasteiger charge is -2.36. The second-order valence-corrected chi connectivity index (χ2v) is 16.9. The molecule has 60 heavy (non-hydrogen) atoms. The van der Waals surface area contributed by atoms with Crippen LogP contribution in [0.15, 0.2) is 55.0 Å². The highest BCUT2D eigenvalue weighted by molar-refractivity contribution is 7.14. The molecular formula is C42H46N12O5S. The fourth-order valence-corrected chi connectivity index (χ4v) is 9.63. The maximum atomic E-state index is 13.1. The largest absolute Gasteiger partial charge is 0.368 e. The Hall–Kier alpha value is -6.30. The molecule has 7 heterocycles. The van der Waals surface area contributed by atoms with Gasteiger partial charge in [-0.05, 0) is 68.0 Å². The number of hydrogen-bond acceptors (Lipinski definition) is 12. The molecule has 5 aromatic rings. The van der Waals surface area contributed by atoms with Gasteiger partial charge in [0.2, 0.25) is 17.7 Å². The zero-order chi connectivity index (χ0) is 41.2. The molecule has 3 N–H and O–H groups in total. The van der Waals surface area contributed by atoms with Gasteiger partial charge in [-0.2, -0.15) is 5.10 Å². The van der Waals surface area contributed by atoms with Crippen molar-refractivity contribution in [1.82, 2.24) is 44.9 Å². The van der Waals surface area contributed by atoms with E-state index in [-0.39, 0.29) is 30.2 Å². The summed E-state index contributed by atoms with van der Waals surface area (Å²) < 4.78 is 1.83. The van der Waals surface area contributed by atoms with Gasteiger partial charge < -0.3 is 25.3 Å². The molecule has 9 rings (SSSR count). The van der Waals surface area contributed by atoms with Gasteiger partial charge in [-0.15, -0.1) is 10.2 Å². The fraction of sp³-hybridized carbons (Fsp3) is 0.429. The van der Waals surface area contributed by atoms with Gasteiger partial charge in [-0.1, -0.05) is 30.6 Å². The Kier molecular flexibility index (Phi) is 11.2. The molecular weight excluding hydrogens is 785 g/mol. The number of rotatable bonds is 12. The maximum Gasteiger partial charge on any atom is 0.323 e. The van der Waals surface area contributed by atoms with Gasteiger partial charge in [-0.3, -0.25) is 29.5 Å². The van der Waals surface area contributed by atoms with Gasteiger partial charge in [-0.25, -0.2) is 14.3 Å². The van der Waals surface area contributed by atoms with E-state index < -0.39 is 11.9 Å². The molecule has 1 unspecified atom stereocenters. The average Bonchev–Trinajstić information content (AvgIpc) is 4.10. The van der Waals surface area contributed by atoms with Crippen LogP contribution in [0.2, 0.25) is 0 Å². The topological polar surface area (TPSA) is 200 Å². The van der Waals surface area contributed by atoms with Gasteiger partial charge in [0.05, 0.1) is 35.7 Å².